The van der Waals surface area contributed by atoms with Gasteiger partial charge >= 0.3 is 0 Å². The summed E-state index contributed by atoms with van der Waals surface area (Å²) in [6, 6.07) is 12.0. The molecule has 0 saturated carbocycles. The number of carbonyl (C=O) groups is 1. The van der Waals surface area contributed by atoms with Crippen molar-refractivity contribution in [2.75, 3.05) is 19.6 Å². The van der Waals surface area contributed by atoms with Crippen molar-refractivity contribution in [2.24, 2.45) is 5.92 Å². The topological polar surface area (TPSA) is 32.3 Å². The van der Waals surface area contributed by atoms with Gasteiger partial charge in [-0.25, -0.2) is 0 Å². The number of terminal acetylenes is 1. The first-order valence-corrected chi connectivity index (χ1v) is 8.25. The zero-order valence-corrected chi connectivity index (χ0v) is 13.1. The Morgan fingerprint density at radius 1 is 1.17 bits per heavy atom. The summed E-state index contributed by atoms with van der Waals surface area (Å²) in [5.74, 6) is 3.42. The summed E-state index contributed by atoms with van der Waals surface area (Å²) >= 11 is 0. The van der Waals surface area contributed by atoms with Crippen molar-refractivity contribution in [1.82, 2.24) is 10.2 Å². The molecule has 2 aromatic carbocycles. The van der Waals surface area contributed by atoms with E-state index >= 15 is 0 Å². The van der Waals surface area contributed by atoms with Crippen LogP contribution in [0, 0.1) is 18.3 Å². The van der Waals surface area contributed by atoms with Gasteiger partial charge < -0.3 is 10.2 Å². The molecule has 1 N–H and O–H groups in total. The van der Waals surface area contributed by atoms with E-state index in [4.69, 9.17) is 6.42 Å². The van der Waals surface area contributed by atoms with E-state index in [1.54, 1.807) is 0 Å². The van der Waals surface area contributed by atoms with Gasteiger partial charge in [-0.15, -0.1) is 6.42 Å². The molecular weight excluding hydrogens is 284 g/mol. The zero-order valence-electron chi connectivity index (χ0n) is 13.1. The van der Waals surface area contributed by atoms with Gasteiger partial charge in [0, 0.05) is 30.3 Å². The lowest BCUT2D eigenvalue weighted by Gasteiger charge is -2.30. The Labute approximate surface area is 136 Å². The molecule has 2 fully saturated rings. The Morgan fingerprint density at radius 2 is 2.04 bits per heavy atom. The van der Waals surface area contributed by atoms with Crippen LogP contribution in [0.1, 0.15) is 28.8 Å². The minimum absolute atomic E-state index is 0.0190. The lowest BCUT2D eigenvalue weighted by atomic mass is 9.96. The van der Waals surface area contributed by atoms with Gasteiger partial charge in [-0.2, -0.15) is 0 Å². The van der Waals surface area contributed by atoms with Crippen LogP contribution in [0.25, 0.3) is 10.8 Å². The molecule has 2 heterocycles. The lowest BCUT2D eigenvalue weighted by Crippen LogP contribution is -2.47. The molecule has 1 amide bonds. The first-order valence-electron chi connectivity index (χ1n) is 8.25. The standard InChI is InChI=1S/C20H20N2O/c1-2-14-3-4-16-5-6-17(11-18(16)9-14)20(23)21-19-10-15-7-8-22(12-15)13-19/h1,3-6,9,11,15,19H,7-8,10,12-13H2,(H,21,23)/t15-,19-/m1/s1. The molecule has 4 rings (SSSR count). The molecule has 23 heavy (non-hydrogen) atoms. The summed E-state index contributed by atoms with van der Waals surface area (Å²) in [4.78, 5) is 15.0. The predicted molar refractivity (Wildman–Crippen MR) is 92.3 cm³/mol. The normalized spacial score (nSPS) is 26.0. The van der Waals surface area contributed by atoms with Crippen molar-refractivity contribution in [3.63, 3.8) is 0 Å². The molecular formula is C20H20N2O. The third-order valence-corrected chi connectivity index (χ3v) is 5.07. The molecule has 2 aromatic rings. The number of carbonyl (C=O) groups excluding carboxylic acids is 1. The van der Waals surface area contributed by atoms with E-state index in [1.165, 1.54) is 19.5 Å². The Bertz CT molecular complexity index is 793. The second kappa shape index (κ2) is 5.72. The van der Waals surface area contributed by atoms with E-state index in [1.807, 2.05) is 36.4 Å². The summed E-state index contributed by atoms with van der Waals surface area (Å²) in [5, 5.41) is 5.32. The van der Waals surface area contributed by atoms with Gasteiger partial charge in [0.1, 0.15) is 0 Å². The van der Waals surface area contributed by atoms with Crippen molar-refractivity contribution in [3.05, 3.63) is 47.5 Å². The number of nitrogens with one attached hydrogen (secondary N) is 1. The SMILES string of the molecule is C#Cc1ccc2ccc(C(=O)N[C@@H]3C[C@H]4CCN(C4)C3)cc2c1. The van der Waals surface area contributed by atoms with Crippen LogP contribution < -0.4 is 5.32 Å². The monoisotopic (exact) mass is 304 g/mol. The van der Waals surface area contributed by atoms with Gasteiger partial charge in [-0.3, -0.25) is 4.79 Å². The fourth-order valence-electron chi connectivity index (χ4n) is 3.91. The fraction of sp³-hybridized carbons (Fsp3) is 0.350. The number of fused-ring (bicyclic) bond motifs is 3. The summed E-state index contributed by atoms with van der Waals surface area (Å²) in [5.41, 5.74) is 1.55. The Balaban J connectivity index is 1.53. The zero-order chi connectivity index (χ0) is 15.8. The number of rotatable bonds is 2. The molecule has 2 saturated heterocycles. The molecule has 116 valence electrons. The van der Waals surface area contributed by atoms with Gasteiger partial charge in [0.2, 0.25) is 0 Å². The molecule has 3 heteroatoms. The largest absolute Gasteiger partial charge is 0.348 e. The third-order valence-electron chi connectivity index (χ3n) is 5.07. The summed E-state index contributed by atoms with van der Waals surface area (Å²) < 4.78 is 0. The Morgan fingerprint density at radius 3 is 2.87 bits per heavy atom. The van der Waals surface area contributed by atoms with Gasteiger partial charge in [-0.05, 0) is 60.3 Å². The molecule has 0 radical (unpaired) electrons. The highest BCUT2D eigenvalue weighted by molar-refractivity contribution is 5.99. The van der Waals surface area contributed by atoms with E-state index < -0.39 is 0 Å². The molecule has 0 spiro atoms. The number of hydrogen-bond acceptors (Lipinski definition) is 2. The fourth-order valence-corrected chi connectivity index (χ4v) is 3.91. The number of amides is 1. The van der Waals surface area contributed by atoms with Gasteiger partial charge in [0.15, 0.2) is 0 Å². The van der Waals surface area contributed by atoms with E-state index in [0.29, 0.717) is 5.56 Å². The van der Waals surface area contributed by atoms with E-state index in [-0.39, 0.29) is 11.9 Å². The first-order chi connectivity index (χ1) is 11.2. The number of hydrogen-bond donors (Lipinski definition) is 1. The maximum atomic E-state index is 12.6. The van der Waals surface area contributed by atoms with Crippen molar-refractivity contribution in [3.8, 4) is 12.3 Å². The summed E-state index contributed by atoms with van der Waals surface area (Å²) in [7, 11) is 0. The predicted octanol–water partition coefficient (Wildman–Crippen LogP) is 2.65. The van der Waals surface area contributed by atoms with Gasteiger partial charge in [-0.1, -0.05) is 18.1 Å². The molecule has 0 aromatic heterocycles. The van der Waals surface area contributed by atoms with Crippen molar-refractivity contribution >= 4 is 16.7 Å². The highest BCUT2D eigenvalue weighted by Crippen LogP contribution is 2.27. The Kier molecular flexibility index (Phi) is 3.55. The maximum absolute atomic E-state index is 12.6. The van der Waals surface area contributed by atoms with Crippen LogP contribution in [0.5, 0.6) is 0 Å². The molecule has 2 aliphatic rings. The van der Waals surface area contributed by atoms with Crippen molar-refractivity contribution in [2.45, 2.75) is 18.9 Å². The van der Waals surface area contributed by atoms with Gasteiger partial charge in [0.05, 0.1) is 0 Å². The van der Waals surface area contributed by atoms with Gasteiger partial charge in [0.25, 0.3) is 5.91 Å². The summed E-state index contributed by atoms with van der Waals surface area (Å²) in [6.45, 7) is 3.37. The average molecular weight is 304 g/mol. The minimum atomic E-state index is 0.0190. The molecule has 0 aliphatic carbocycles. The second-order valence-electron chi connectivity index (χ2n) is 6.74. The van der Waals surface area contributed by atoms with Crippen LogP contribution in [-0.4, -0.2) is 36.5 Å². The summed E-state index contributed by atoms with van der Waals surface area (Å²) in [6.07, 6.45) is 7.84. The molecule has 3 atom stereocenters. The van der Waals surface area contributed by atoms with Crippen LogP contribution in [-0.2, 0) is 0 Å². The number of benzene rings is 2. The second-order valence-corrected chi connectivity index (χ2v) is 6.74. The first kappa shape index (κ1) is 14.3. The average Bonchev–Trinajstić information content (AvgIpc) is 2.92. The molecule has 1 unspecified atom stereocenters. The highest BCUT2D eigenvalue weighted by Gasteiger charge is 2.32. The quantitative estimate of drug-likeness (QED) is 0.865. The number of nitrogens with zero attached hydrogens (tertiary/aromatic N) is 1. The van der Waals surface area contributed by atoms with Crippen LogP contribution in [0.15, 0.2) is 36.4 Å². The van der Waals surface area contributed by atoms with Crippen LogP contribution in [0.4, 0.5) is 0 Å². The lowest BCUT2D eigenvalue weighted by molar-refractivity contribution is 0.0909. The van der Waals surface area contributed by atoms with Crippen LogP contribution >= 0.6 is 0 Å². The van der Waals surface area contributed by atoms with Crippen molar-refractivity contribution < 1.29 is 4.79 Å². The Hall–Kier alpha value is -2.31. The molecule has 2 aliphatic heterocycles. The maximum Gasteiger partial charge on any atom is 0.251 e. The third kappa shape index (κ3) is 2.83. The van der Waals surface area contributed by atoms with E-state index in [9.17, 15) is 4.79 Å². The molecule has 2 bridgehead atoms. The smallest absolute Gasteiger partial charge is 0.251 e. The van der Waals surface area contributed by atoms with Crippen LogP contribution in [0.3, 0.4) is 0 Å². The minimum Gasteiger partial charge on any atom is -0.348 e. The molecule has 3 nitrogen and oxygen atoms in total. The van der Waals surface area contributed by atoms with E-state index in [2.05, 4.69) is 16.1 Å². The van der Waals surface area contributed by atoms with E-state index in [0.717, 1.165) is 35.2 Å². The van der Waals surface area contributed by atoms with Crippen LogP contribution in [0.2, 0.25) is 0 Å². The highest BCUT2D eigenvalue weighted by atomic mass is 16.1. The number of piperidine rings is 1. The van der Waals surface area contributed by atoms with Crippen molar-refractivity contribution in [1.29, 1.82) is 0 Å².